The molecule has 8 nitrogen and oxygen atoms in total. The molecule has 0 aromatic carbocycles. The lowest BCUT2D eigenvalue weighted by molar-refractivity contribution is -0.130. The normalized spacial score (nSPS) is 29.2. The van der Waals surface area contributed by atoms with Crippen LogP contribution in [-0.2, 0) is 23.1 Å². The summed E-state index contributed by atoms with van der Waals surface area (Å²) in [7, 11) is 1.91. The summed E-state index contributed by atoms with van der Waals surface area (Å²) in [4.78, 5) is 35.9. The van der Waals surface area contributed by atoms with Gasteiger partial charge in [-0.25, -0.2) is 9.78 Å². The first-order valence-electron chi connectivity index (χ1n) is 11.6. The molecule has 1 aromatic heterocycles. The molecule has 0 bridgehead atoms. The Balaban J connectivity index is 1.16. The van der Waals surface area contributed by atoms with Crippen molar-refractivity contribution in [3.8, 4) is 0 Å². The van der Waals surface area contributed by atoms with Crippen molar-refractivity contribution in [2.45, 2.75) is 69.7 Å². The Morgan fingerprint density at radius 1 is 1.23 bits per heavy atom. The van der Waals surface area contributed by atoms with Crippen LogP contribution in [-0.4, -0.2) is 80.6 Å². The predicted molar refractivity (Wildman–Crippen MR) is 116 cm³/mol. The topological polar surface area (TPSA) is 70.9 Å². The fourth-order valence-corrected chi connectivity index (χ4v) is 5.99. The minimum absolute atomic E-state index is 0.0433. The number of ether oxygens (including phenoxy) is 1. The Hall–Kier alpha value is -1.80. The molecule has 3 atom stereocenters. The highest BCUT2D eigenvalue weighted by Gasteiger charge is 2.51. The molecular weight excluding hydrogens is 418 g/mol. The van der Waals surface area contributed by atoms with Crippen molar-refractivity contribution in [3.05, 3.63) is 17.2 Å². The number of rotatable bonds is 6. The smallest absolute Gasteiger partial charge is 0.410 e. The minimum Gasteiger partial charge on any atom is -0.442 e. The first kappa shape index (κ1) is 21.1. The summed E-state index contributed by atoms with van der Waals surface area (Å²) in [5.41, 5.74) is 0. The van der Waals surface area contributed by atoms with Gasteiger partial charge < -0.3 is 14.2 Å². The molecule has 1 unspecified atom stereocenters. The Bertz CT molecular complexity index is 839. The summed E-state index contributed by atoms with van der Waals surface area (Å²) in [6.45, 7) is 3.51. The van der Waals surface area contributed by atoms with Crippen LogP contribution in [0.5, 0.6) is 0 Å². The predicted octanol–water partition coefficient (Wildman–Crippen LogP) is 2.65. The van der Waals surface area contributed by atoms with Crippen LogP contribution in [0.2, 0.25) is 5.15 Å². The van der Waals surface area contributed by atoms with E-state index in [0.29, 0.717) is 31.2 Å². The van der Waals surface area contributed by atoms with Gasteiger partial charge in [0.05, 0.1) is 24.8 Å². The summed E-state index contributed by atoms with van der Waals surface area (Å²) in [6, 6.07) is 0.0993. The van der Waals surface area contributed by atoms with Gasteiger partial charge in [-0.1, -0.05) is 37.3 Å². The number of aromatic nitrogens is 2. The lowest BCUT2D eigenvalue weighted by atomic mass is 10.0. The molecule has 0 N–H and O–H groups in total. The molecule has 1 aliphatic carbocycles. The van der Waals surface area contributed by atoms with Crippen LogP contribution in [0.4, 0.5) is 4.79 Å². The molecule has 1 saturated carbocycles. The number of halogens is 1. The summed E-state index contributed by atoms with van der Waals surface area (Å²) >= 11 is 6.11. The van der Waals surface area contributed by atoms with Crippen LogP contribution in [0.25, 0.3) is 0 Å². The summed E-state index contributed by atoms with van der Waals surface area (Å²) < 4.78 is 7.59. The van der Waals surface area contributed by atoms with Gasteiger partial charge in [-0.15, -0.1) is 0 Å². The number of fused-ring (bicyclic) bond motifs is 1. The van der Waals surface area contributed by atoms with Gasteiger partial charge in [0.15, 0.2) is 0 Å². The van der Waals surface area contributed by atoms with Crippen molar-refractivity contribution in [2.75, 3.05) is 26.2 Å². The van der Waals surface area contributed by atoms with Crippen molar-refractivity contribution >= 4 is 23.6 Å². The maximum absolute atomic E-state index is 12.7. The van der Waals surface area contributed by atoms with E-state index in [1.165, 1.54) is 25.7 Å². The van der Waals surface area contributed by atoms with E-state index >= 15 is 0 Å². The highest BCUT2D eigenvalue weighted by Crippen LogP contribution is 2.33. The Morgan fingerprint density at radius 3 is 2.77 bits per heavy atom. The number of hydrogen-bond donors (Lipinski definition) is 0. The fourth-order valence-electron chi connectivity index (χ4n) is 5.84. The number of imidazole rings is 1. The largest absolute Gasteiger partial charge is 0.442 e. The minimum atomic E-state index is -0.222. The fraction of sp³-hybridized carbons (Fsp3) is 0.773. The zero-order valence-electron chi connectivity index (χ0n) is 18.2. The highest BCUT2D eigenvalue weighted by molar-refractivity contribution is 6.29. The standard InChI is InChI=1S/C22H32ClN5O3/c1-25-19(23)10-24-20(25)14-26-12-17-18(13-26)31-22(30)28(17)16-8-9-27(11-16)21(29)7-6-15-4-2-3-5-15/h10,15-18H,2-9,11-14H2,1H3/t16?,17-,18+/m1/s1. The second-order valence-electron chi connectivity index (χ2n) is 9.62. The van der Waals surface area contributed by atoms with E-state index in [1.807, 2.05) is 21.4 Å². The van der Waals surface area contributed by atoms with E-state index in [1.54, 1.807) is 6.20 Å². The Labute approximate surface area is 188 Å². The maximum Gasteiger partial charge on any atom is 0.410 e. The van der Waals surface area contributed by atoms with Crippen molar-refractivity contribution in [1.82, 2.24) is 24.3 Å². The van der Waals surface area contributed by atoms with Crippen LogP contribution in [0.3, 0.4) is 0 Å². The van der Waals surface area contributed by atoms with Crippen molar-refractivity contribution < 1.29 is 14.3 Å². The first-order chi connectivity index (χ1) is 15.0. The molecule has 0 spiro atoms. The van der Waals surface area contributed by atoms with E-state index in [2.05, 4.69) is 9.88 Å². The van der Waals surface area contributed by atoms with Gasteiger partial charge in [0.2, 0.25) is 5.91 Å². The molecule has 170 valence electrons. The third-order valence-corrected chi connectivity index (χ3v) is 8.03. The van der Waals surface area contributed by atoms with Crippen LogP contribution in [0.1, 0.15) is 50.8 Å². The third-order valence-electron chi connectivity index (χ3n) is 7.68. The molecule has 5 rings (SSSR count). The van der Waals surface area contributed by atoms with Gasteiger partial charge in [-0.05, 0) is 18.8 Å². The van der Waals surface area contributed by atoms with Crippen LogP contribution in [0, 0.1) is 5.92 Å². The Kier molecular flexibility index (Phi) is 5.86. The number of carbonyl (C=O) groups is 2. The van der Waals surface area contributed by atoms with Crippen molar-refractivity contribution in [1.29, 1.82) is 0 Å². The van der Waals surface area contributed by atoms with Gasteiger partial charge in [0.1, 0.15) is 17.1 Å². The number of likely N-dealkylation sites (tertiary alicyclic amines) is 2. The second kappa shape index (κ2) is 8.62. The first-order valence-corrected chi connectivity index (χ1v) is 12.0. The molecule has 3 saturated heterocycles. The van der Waals surface area contributed by atoms with Gasteiger partial charge >= 0.3 is 6.09 Å². The number of hydrogen-bond acceptors (Lipinski definition) is 5. The molecule has 31 heavy (non-hydrogen) atoms. The van der Waals surface area contributed by atoms with E-state index in [4.69, 9.17) is 16.3 Å². The summed E-state index contributed by atoms with van der Waals surface area (Å²) in [5, 5.41) is 0.617. The van der Waals surface area contributed by atoms with Gasteiger partial charge in [0, 0.05) is 39.6 Å². The van der Waals surface area contributed by atoms with Gasteiger partial charge in [-0.3, -0.25) is 14.6 Å². The number of carbonyl (C=O) groups excluding carboxylic acids is 2. The molecule has 9 heteroatoms. The number of amides is 2. The lowest BCUT2D eigenvalue weighted by Gasteiger charge is -2.28. The van der Waals surface area contributed by atoms with E-state index < -0.39 is 0 Å². The van der Waals surface area contributed by atoms with Crippen LogP contribution in [0.15, 0.2) is 6.20 Å². The maximum atomic E-state index is 12.7. The van der Waals surface area contributed by atoms with E-state index in [9.17, 15) is 9.59 Å². The monoisotopic (exact) mass is 449 g/mol. The van der Waals surface area contributed by atoms with E-state index in [0.717, 1.165) is 37.7 Å². The van der Waals surface area contributed by atoms with E-state index in [-0.39, 0.29) is 30.2 Å². The molecular formula is C22H32ClN5O3. The second-order valence-corrected chi connectivity index (χ2v) is 10.0. The molecule has 2 amide bonds. The molecule has 0 radical (unpaired) electrons. The summed E-state index contributed by atoms with van der Waals surface area (Å²) in [6.07, 6.45) is 9.01. The zero-order chi connectivity index (χ0) is 21.5. The SMILES string of the molecule is Cn1c(Cl)cnc1CN1C[C@@H]2OC(=O)N(C3CCN(C(=O)CCC4CCCC4)C3)[C@@H]2C1. The molecule has 3 aliphatic heterocycles. The average Bonchev–Trinajstić information content (AvgIpc) is 3.54. The molecule has 4 heterocycles. The zero-order valence-corrected chi connectivity index (χ0v) is 19.0. The Morgan fingerprint density at radius 2 is 2.03 bits per heavy atom. The lowest BCUT2D eigenvalue weighted by Crippen LogP contribution is -2.46. The third kappa shape index (κ3) is 4.16. The molecule has 4 fully saturated rings. The molecule has 1 aromatic rings. The van der Waals surface area contributed by atoms with Crippen molar-refractivity contribution in [3.63, 3.8) is 0 Å². The summed E-state index contributed by atoms with van der Waals surface area (Å²) in [5.74, 6) is 1.88. The highest BCUT2D eigenvalue weighted by atomic mass is 35.5. The average molecular weight is 450 g/mol. The quantitative estimate of drug-likeness (QED) is 0.667. The van der Waals surface area contributed by atoms with Crippen LogP contribution >= 0.6 is 11.6 Å². The van der Waals surface area contributed by atoms with Crippen molar-refractivity contribution in [2.24, 2.45) is 13.0 Å². The van der Waals surface area contributed by atoms with Crippen LogP contribution < -0.4 is 0 Å². The van der Waals surface area contributed by atoms with Gasteiger partial charge in [0.25, 0.3) is 0 Å². The molecule has 4 aliphatic rings. The van der Waals surface area contributed by atoms with Gasteiger partial charge in [-0.2, -0.15) is 0 Å². The number of nitrogens with zero attached hydrogens (tertiary/aromatic N) is 5.